The lowest BCUT2D eigenvalue weighted by molar-refractivity contribution is 0.112. The molecule has 2 heterocycles. The van der Waals surface area contributed by atoms with Crippen LogP contribution in [0.3, 0.4) is 0 Å². The third-order valence-corrected chi connectivity index (χ3v) is 7.58. The average molecular weight is 386 g/mol. The standard InChI is InChI=1S/C26H31N3/c1-7-25(6)24-28(18(4)5)22-12-10-11-13-23(22)29(24)21-15-14-19(17-27)16-20(21)26(25,8-2)9-3/h8,10-16,18,24H,2,7,9H2,1,3-6H3/t24?,25?,26-/m0/s1. The maximum absolute atomic E-state index is 9.60. The van der Waals surface area contributed by atoms with E-state index in [1.54, 1.807) is 0 Å². The van der Waals surface area contributed by atoms with Gasteiger partial charge in [0.1, 0.15) is 6.17 Å². The SMILES string of the molecule is C=C[C@]1(CC)c2cc(C#N)ccc2N2c3ccccc3N(C(C)C)C2C1(C)CC. The molecule has 0 saturated heterocycles. The van der Waals surface area contributed by atoms with Gasteiger partial charge in [-0.25, -0.2) is 0 Å². The molecule has 2 aliphatic rings. The zero-order valence-electron chi connectivity index (χ0n) is 18.2. The fourth-order valence-corrected chi connectivity index (χ4v) is 5.98. The minimum Gasteiger partial charge on any atom is -0.346 e. The molecule has 0 amide bonds. The van der Waals surface area contributed by atoms with Crippen molar-refractivity contribution >= 4 is 17.1 Å². The Hall–Kier alpha value is -2.73. The van der Waals surface area contributed by atoms with Gasteiger partial charge in [0, 0.05) is 22.6 Å². The van der Waals surface area contributed by atoms with Crippen LogP contribution in [0, 0.1) is 16.7 Å². The van der Waals surface area contributed by atoms with Gasteiger partial charge in [-0.2, -0.15) is 5.26 Å². The van der Waals surface area contributed by atoms with Crippen LogP contribution < -0.4 is 9.80 Å². The maximum atomic E-state index is 9.60. The van der Waals surface area contributed by atoms with E-state index in [-0.39, 0.29) is 17.0 Å². The molecule has 0 radical (unpaired) electrons. The third kappa shape index (κ3) is 2.29. The molecule has 2 aromatic carbocycles. The molecule has 29 heavy (non-hydrogen) atoms. The summed E-state index contributed by atoms with van der Waals surface area (Å²) in [5.74, 6) is 0. The number of hydrogen-bond acceptors (Lipinski definition) is 3. The Balaban J connectivity index is 2.13. The zero-order valence-corrected chi connectivity index (χ0v) is 18.2. The highest BCUT2D eigenvalue weighted by Crippen LogP contribution is 2.64. The summed E-state index contributed by atoms with van der Waals surface area (Å²) in [5, 5.41) is 9.60. The van der Waals surface area contributed by atoms with E-state index in [2.05, 4.69) is 99.5 Å². The first kappa shape index (κ1) is 19.6. The van der Waals surface area contributed by atoms with E-state index in [0.717, 1.165) is 12.8 Å². The molecule has 150 valence electrons. The number of allylic oxidation sites excluding steroid dienone is 1. The Bertz CT molecular complexity index is 1000. The molecule has 3 heteroatoms. The van der Waals surface area contributed by atoms with E-state index in [4.69, 9.17) is 0 Å². The molecule has 0 spiro atoms. The fourth-order valence-electron chi connectivity index (χ4n) is 5.98. The third-order valence-electron chi connectivity index (χ3n) is 7.58. The van der Waals surface area contributed by atoms with E-state index in [1.165, 1.54) is 22.6 Å². The van der Waals surface area contributed by atoms with E-state index >= 15 is 0 Å². The fraction of sp³-hybridized carbons (Fsp3) is 0.423. The summed E-state index contributed by atoms with van der Waals surface area (Å²) in [6.07, 6.45) is 4.33. The summed E-state index contributed by atoms with van der Waals surface area (Å²) < 4.78 is 0. The van der Waals surface area contributed by atoms with Crippen molar-refractivity contribution in [2.45, 2.75) is 65.1 Å². The highest BCUT2D eigenvalue weighted by atomic mass is 15.4. The molecule has 0 fully saturated rings. The van der Waals surface area contributed by atoms with Crippen LogP contribution in [-0.4, -0.2) is 12.2 Å². The molecule has 0 aliphatic carbocycles. The van der Waals surface area contributed by atoms with Crippen molar-refractivity contribution in [1.82, 2.24) is 0 Å². The second-order valence-corrected chi connectivity index (χ2v) is 8.88. The summed E-state index contributed by atoms with van der Waals surface area (Å²) in [7, 11) is 0. The summed E-state index contributed by atoms with van der Waals surface area (Å²) in [6, 6.07) is 17.7. The molecule has 0 N–H and O–H groups in total. The largest absolute Gasteiger partial charge is 0.346 e. The van der Waals surface area contributed by atoms with Gasteiger partial charge >= 0.3 is 0 Å². The van der Waals surface area contributed by atoms with Crippen molar-refractivity contribution in [3.63, 3.8) is 0 Å². The lowest BCUT2D eigenvalue weighted by atomic mass is 9.54. The van der Waals surface area contributed by atoms with Gasteiger partial charge < -0.3 is 9.80 Å². The Kier molecular flexibility index (Phi) is 4.50. The molecule has 2 unspecified atom stereocenters. The van der Waals surface area contributed by atoms with Crippen molar-refractivity contribution in [1.29, 1.82) is 5.26 Å². The molecular formula is C26H31N3. The van der Waals surface area contributed by atoms with Crippen molar-refractivity contribution in [3.05, 3.63) is 66.2 Å². The van der Waals surface area contributed by atoms with E-state index in [9.17, 15) is 5.26 Å². The van der Waals surface area contributed by atoms with Crippen molar-refractivity contribution in [3.8, 4) is 6.07 Å². The molecule has 3 nitrogen and oxygen atoms in total. The number of rotatable bonds is 4. The number of para-hydroxylation sites is 2. The molecular weight excluding hydrogens is 354 g/mol. The number of nitriles is 1. The van der Waals surface area contributed by atoms with Gasteiger partial charge in [0.2, 0.25) is 0 Å². The Labute approximate surface area is 175 Å². The molecule has 2 aliphatic heterocycles. The minimum atomic E-state index is -0.208. The second kappa shape index (κ2) is 6.66. The molecule has 0 saturated carbocycles. The van der Waals surface area contributed by atoms with Gasteiger partial charge in [-0.15, -0.1) is 6.58 Å². The molecule has 4 rings (SSSR count). The van der Waals surface area contributed by atoms with E-state index in [0.29, 0.717) is 11.6 Å². The van der Waals surface area contributed by atoms with Crippen LogP contribution in [0.1, 0.15) is 58.6 Å². The number of anilines is 3. The zero-order chi connectivity index (χ0) is 21.0. The lowest BCUT2D eigenvalue weighted by Crippen LogP contribution is -2.64. The summed E-state index contributed by atoms with van der Waals surface area (Å²) in [6.45, 7) is 15.9. The van der Waals surface area contributed by atoms with Gasteiger partial charge in [-0.05, 0) is 62.6 Å². The van der Waals surface area contributed by atoms with Crippen LogP contribution in [0.4, 0.5) is 17.1 Å². The van der Waals surface area contributed by atoms with Crippen LogP contribution in [0.2, 0.25) is 0 Å². The first-order valence-corrected chi connectivity index (χ1v) is 10.7. The second-order valence-electron chi connectivity index (χ2n) is 8.88. The normalized spacial score (nSPS) is 27.3. The topological polar surface area (TPSA) is 30.3 Å². The molecule has 0 bridgehead atoms. The van der Waals surface area contributed by atoms with Gasteiger partial charge in [0.15, 0.2) is 0 Å². The predicted molar refractivity (Wildman–Crippen MR) is 122 cm³/mol. The Morgan fingerprint density at radius 1 is 1.10 bits per heavy atom. The van der Waals surface area contributed by atoms with Crippen molar-refractivity contribution in [2.24, 2.45) is 5.41 Å². The summed E-state index contributed by atoms with van der Waals surface area (Å²) in [4.78, 5) is 5.11. The van der Waals surface area contributed by atoms with E-state index in [1.807, 2.05) is 6.07 Å². The van der Waals surface area contributed by atoms with Crippen LogP contribution >= 0.6 is 0 Å². The highest BCUT2D eigenvalue weighted by molar-refractivity contribution is 5.87. The van der Waals surface area contributed by atoms with Gasteiger partial charge in [-0.3, -0.25) is 0 Å². The van der Waals surface area contributed by atoms with E-state index < -0.39 is 0 Å². The number of benzene rings is 2. The maximum Gasteiger partial charge on any atom is 0.113 e. The first-order chi connectivity index (χ1) is 13.9. The van der Waals surface area contributed by atoms with Crippen LogP contribution in [0.25, 0.3) is 0 Å². The highest BCUT2D eigenvalue weighted by Gasteiger charge is 2.61. The monoisotopic (exact) mass is 385 g/mol. The first-order valence-electron chi connectivity index (χ1n) is 10.7. The average Bonchev–Trinajstić information content (AvgIpc) is 3.10. The molecule has 3 atom stereocenters. The van der Waals surface area contributed by atoms with Crippen molar-refractivity contribution in [2.75, 3.05) is 9.80 Å². The number of hydrogen-bond donors (Lipinski definition) is 0. The number of fused-ring (bicyclic) bond motifs is 5. The van der Waals surface area contributed by atoms with Crippen LogP contribution in [-0.2, 0) is 5.41 Å². The quantitative estimate of drug-likeness (QED) is 0.562. The molecule has 0 aromatic heterocycles. The molecule has 2 aromatic rings. The number of nitrogens with zero attached hydrogens (tertiary/aromatic N) is 3. The smallest absolute Gasteiger partial charge is 0.113 e. The Morgan fingerprint density at radius 2 is 1.79 bits per heavy atom. The minimum absolute atomic E-state index is 0.0755. The predicted octanol–water partition coefficient (Wildman–Crippen LogP) is 6.51. The van der Waals surface area contributed by atoms with Gasteiger partial charge in [0.25, 0.3) is 0 Å². The van der Waals surface area contributed by atoms with Gasteiger partial charge in [-0.1, -0.05) is 39.0 Å². The summed E-state index contributed by atoms with van der Waals surface area (Å²) >= 11 is 0. The van der Waals surface area contributed by atoms with Gasteiger partial charge in [0.05, 0.1) is 23.0 Å². The van der Waals surface area contributed by atoms with Crippen molar-refractivity contribution < 1.29 is 0 Å². The van der Waals surface area contributed by atoms with Crippen LogP contribution in [0.15, 0.2) is 55.1 Å². The Morgan fingerprint density at radius 3 is 2.34 bits per heavy atom. The summed E-state index contributed by atoms with van der Waals surface area (Å²) in [5.41, 5.74) is 5.42. The lowest BCUT2D eigenvalue weighted by Gasteiger charge is -2.60. The van der Waals surface area contributed by atoms with Crippen LogP contribution in [0.5, 0.6) is 0 Å².